The van der Waals surface area contributed by atoms with Crippen LogP contribution in [0.25, 0.3) is 0 Å². The van der Waals surface area contributed by atoms with E-state index < -0.39 is 0 Å². The van der Waals surface area contributed by atoms with Crippen LogP contribution in [0.1, 0.15) is 46.0 Å². The summed E-state index contributed by atoms with van der Waals surface area (Å²) in [6.45, 7) is 6.89. The predicted molar refractivity (Wildman–Crippen MR) is 121 cm³/mol. The van der Waals surface area contributed by atoms with E-state index >= 15 is 0 Å². The largest absolute Gasteiger partial charge is 0.459 e. The number of hydrogen-bond donors (Lipinski definition) is 0. The Labute approximate surface area is 186 Å². The molecule has 0 radical (unpaired) electrons. The molecule has 0 aromatic carbocycles. The summed E-state index contributed by atoms with van der Waals surface area (Å²) in [6.07, 6.45) is 19.3. The van der Waals surface area contributed by atoms with Gasteiger partial charge >= 0.3 is 11.9 Å². The molecule has 10 unspecified atom stereocenters. The van der Waals surface area contributed by atoms with Crippen LogP contribution < -0.4 is 0 Å². The van der Waals surface area contributed by atoms with E-state index in [1.807, 2.05) is 0 Å². The Balaban J connectivity index is 0.000000144. The molecule has 6 aliphatic carbocycles. The number of ether oxygens (including phenoxy) is 2. The van der Waals surface area contributed by atoms with E-state index in [2.05, 4.69) is 37.5 Å². The highest BCUT2D eigenvalue weighted by molar-refractivity contribution is 5.81. The molecule has 0 aliphatic heterocycles. The van der Waals surface area contributed by atoms with Gasteiger partial charge in [-0.1, -0.05) is 44.9 Å². The SMILES string of the molecule is C.C=CC(=O)OC1CC2CC1C1C=CCC21.C=CC(=O)OC1CC2CC1C1CC=CC21. The van der Waals surface area contributed by atoms with Crippen LogP contribution >= 0.6 is 0 Å². The van der Waals surface area contributed by atoms with Crippen LogP contribution in [-0.2, 0) is 19.1 Å². The molecule has 4 heteroatoms. The lowest BCUT2D eigenvalue weighted by atomic mass is 9.80. The standard InChI is InChI=1S/2C13H16O2.CH4/c2*1-2-13(14)15-12-7-8-6-11(12)10-5-3-4-9(8)10;/h2-3,5,8-12H,1,4,6-7H2;2-4,8-12H,1,5-7H2;1H4. The molecule has 0 spiro atoms. The molecule has 0 aromatic heterocycles. The maximum absolute atomic E-state index is 11.2. The normalized spacial score (nSPS) is 44.0. The quantitative estimate of drug-likeness (QED) is 0.350. The van der Waals surface area contributed by atoms with Crippen LogP contribution in [0.15, 0.2) is 49.6 Å². The van der Waals surface area contributed by atoms with E-state index in [0.29, 0.717) is 17.8 Å². The van der Waals surface area contributed by atoms with Crippen molar-refractivity contribution in [3.05, 3.63) is 49.6 Å². The van der Waals surface area contributed by atoms with Crippen LogP contribution in [-0.4, -0.2) is 24.1 Å². The fourth-order valence-corrected chi connectivity index (χ4v) is 7.65. The molecular formula is C27H36O4. The molecule has 0 amide bonds. The summed E-state index contributed by atoms with van der Waals surface area (Å²) >= 11 is 0. The first-order chi connectivity index (χ1) is 14.6. The van der Waals surface area contributed by atoms with Crippen molar-refractivity contribution < 1.29 is 19.1 Å². The third kappa shape index (κ3) is 3.83. The summed E-state index contributed by atoms with van der Waals surface area (Å²) in [7, 11) is 0. The minimum Gasteiger partial charge on any atom is -0.459 e. The minimum atomic E-state index is -0.258. The predicted octanol–water partition coefficient (Wildman–Crippen LogP) is 5.27. The van der Waals surface area contributed by atoms with Gasteiger partial charge in [0.2, 0.25) is 0 Å². The Bertz CT molecular complexity index is 795. The van der Waals surface area contributed by atoms with Crippen LogP contribution in [0, 0.1) is 47.3 Å². The van der Waals surface area contributed by atoms with Gasteiger partial charge in [-0.05, 0) is 80.0 Å². The average molecular weight is 425 g/mol. The van der Waals surface area contributed by atoms with E-state index in [0.717, 1.165) is 42.4 Å². The molecule has 4 bridgehead atoms. The van der Waals surface area contributed by atoms with Crippen molar-refractivity contribution in [2.75, 3.05) is 0 Å². The summed E-state index contributed by atoms with van der Waals surface area (Å²) in [4.78, 5) is 22.4. The third-order valence-electron chi connectivity index (χ3n) is 8.76. The number of hydrogen-bond acceptors (Lipinski definition) is 4. The highest BCUT2D eigenvalue weighted by atomic mass is 16.5. The maximum atomic E-state index is 11.2. The van der Waals surface area contributed by atoms with Gasteiger partial charge in [-0.25, -0.2) is 9.59 Å². The fraction of sp³-hybridized carbons (Fsp3) is 0.630. The molecule has 0 aromatic rings. The monoisotopic (exact) mass is 424 g/mol. The molecule has 4 fully saturated rings. The van der Waals surface area contributed by atoms with E-state index in [-0.39, 0.29) is 31.6 Å². The van der Waals surface area contributed by atoms with E-state index in [4.69, 9.17) is 9.47 Å². The zero-order valence-electron chi connectivity index (χ0n) is 17.5. The van der Waals surface area contributed by atoms with Crippen molar-refractivity contribution in [3.8, 4) is 0 Å². The second-order valence-corrected chi connectivity index (χ2v) is 9.96. The van der Waals surface area contributed by atoms with Gasteiger partial charge in [0, 0.05) is 18.1 Å². The fourth-order valence-electron chi connectivity index (χ4n) is 7.65. The lowest BCUT2D eigenvalue weighted by molar-refractivity contribution is -0.147. The second-order valence-electron chi connectivity index (χ2n) is 9.96. The molecule has 31 heavy (non-hydrogen) atoms. The van der Waals surface area contributed by atoms with Crippen molar-refractivity contribution in [2.24, 2.45) is 47.3 Å². The summed E-state index contributed by atoms with van der Waals surface area (Å²) in [5.41, 5.74) is 0. The Hall–Kier alpha value is -2.10. The van der Waals surface area contributed by atoms with Gasteiger partial charge in [0.05, 0.1) is 0 Å². The highest BCUT2D eigenvalue weighted by Gasteiger charge is 2.54. The van der Waals surface area contributed by atoms with E-state index in [9.17, 15) is 9.59 Å². The van der Waals surface area contributed by atoms with Gasteiger partial charge in [0.1, 0.15) is 12.2 Å². The molecule has 4 nitrogen and oxygen atoms in total. The number of esters is 2. The summed E-state index contributed by atoms with van der Waals surface area (Å²) in [5.74, 6) is 5.32. The molecular weight excluding hydrogens is 388 g/mol. The molecule has 4 saturated carbocycles. The zero-order chi connectivity index (χ0) is 20.8. The summed E-state index contributed by atoms with van der Waals surface area (Å²) < 4.78 is 10.8. The molecule has 10 atom stereocenters. The van der Waals surface area contributed by atoms with Gasteiger partial charge < -0.3 is 9.47 Å². The number of fused-ring (bicyclic) bond motifs is 10. The molecule has 0 N–H and O–H groups in total. The number of carbonyl (C=O) groups is 2. The molecule has 6 aliphatic rings. The minimum absolute atomic E-state index is 0. The third-order valence-corrected chi connectivity index (χ3v) is 8.76. The Morgan fingerprint density at radius 1 is 0.710 bits per heavy atom. The van der Waals surface area contributed by atoms with E-state index in [1.165, 1.54) is 37.8 Å². The molecule has 168 valence electrons. The Morgan fingerprint density at radius 2 is 1.26 bits per heavy atom. The first kappa shape index (κ1) is 22.1. The topological polar surface area (TPSA) is 52.6 Å². The Morgan fingerprint density at radius 3 is 1.94 bits per heavy atom. The smallest absolute Gasteiger partial charge is 0.330 e. The van der Waals surface area contributed by atoms with Crippen LogP contribution in [0.3, 0.4) is 0 Å². The van der Waals surface area contributed by atoms with Gasteiger partial charge in [0.15, 0.2) is 0 Å². The average Bonchev–Trinajstić information content (AvgIpc) is 3.55. The first-order valence-corrected chi connectivity index (χ1v) is 11.6. The van der Waals surface area contributed by atoms with E-state index in [1.54, 1.807) is 0 Å². The maximum Gasteiger partial charge on any atom is 0.330 e. The first-order valence-electron chi connectivity index (χ1n) is 11.6. The van der Waals surface area contributed by atoms with Crippen molar-refractivity contribution in [1.29, 1.82) is 0 Å². The molecule has 0 heterocycles. The molecule has 0 saturated heterocycles. The summed E-state index contributed by atoms with van der Waals surface area (Å²) in [5, 5.41) is 0. The highest BCUT2D eigenvalue weighted by Crippen LogP contribution is 2.58. The van der Waals surface area contributed by atoms with Crippen molar-refractivity contribution in [2.45, 2.75) is 58.2 Å². The number of allylic oxidation sites excluding steroid dienone is 4. The van der Waals surface area contributed by atoms with Crippen LogP contribution in [0.4, 0.5) is 0 Å². The van der Waals surface area contributed by atoms with Crippen molar-refractivity contribution >= 4 is 11.9 Å². The van der Waals surface area contributed by atoms with Crippen LogP contribution in [0.2, 0.25) is 0 Å². The zero-order valence-corrected chi connectivity index (χ0v) is 17.5. The summed E-state index contributed by atoms with van der Waals surface area (Å²) in [6, 6.07) is 0. The van der Waals surface area contributed by atoms with Gasteiger partial charge in [0.25, 0.3) is 0 Å². The second kappa shape index (κ2) is 8.80. The van der Waals surface area contributed by atoms with Gasteiger partial charge in [-0.3, -0.25) is 0 Å². The lowest BCUT2D eigenvalue weighted by Crippen LogP contribution is -2.31. The Kier molecular flexibility index (Phi) is 6.27. The lowest BCUT2D eigenvalue weighted by Gasteiger charge is -2.30. The molecule has 6 rings (SSSR count). The number of rotatable bonds is 4. The number of carbonyl (C=O) groups excluding carboxylic acids is 2. The van der Waals surface area contributed by atoms with Crippen molar-refractivity contribution in [3.63, 3.8) is 0 Å². The van der Waals surface area contributed by atoms with Gasteiger partial charge in [-0.15, -0.1) is 0 Å². The van der Waals surface area contributed by atoms with Gasteiger partial charge in [-0.2, -0.15) is 0 Å². The van der Waals surface area contributed by atoms with Crippen LogP contribution in [0.5, 0.6) is 0 Å². The van der Waals surface area contributed by atoms with Crippen molar-refractivity contribution in [1.82, 2.24) is 0 Å².